The second-order valence-electron chi connectivity index (χ2n) is 6.19. The van der Waals surface area contributed by atoms with Gasteiger partial charge in [-0.3, -0.25) is 0 Å². The third kappa shape index (κ3) is 3.54. The minimum atomic E-state index is -2.20. The third-order valence-corrected chi connectivity index (χ3v) is 9.56. The van der Waals surface area contributed by atoms with Crippen molar-refractivity contribution in [3.05, 3.63) is 71.8 Å². The molecule has 0 saturated carbocycles. The van der Waals surface area contributed by atoms with Crippen LogP contribution in [-0.4, -0.2) is 18.4 Å². The van der Waals surface area contributed by atoms with E-state index in [0.29, 0.717) is 0 Å². The first-order chi connectivity index (χ1) is 9.54. The Morgan fingerprint density at radius 3 is 1.60 bits per heavy atom. The molecule has 0 amide bonds. The van der Waals surface area contributed by atoms with Crippen molar-refractivity contribution in [2.24, 2.45) is 0 Å². The molecule has 0 aliphatic heterocycles. The Morgan fingerprint density at radius 2 is 1.20 bits per heavy atom. The van der Waals surface area contributed by atoms with Crippen molar-refractivity contribution in [3.63, 3.8) is 0 Å². The van der Waals surface area contributed by atoms with Gasteiger partial charge in [-0.25, -0.2) is 0 Å². The Kier molecular flexibility index (Phi) is 5.09. The molecule has 1 heteroatoms. The standard InChI is InChI=1S/C16H15.3CH3.Sn/c1-2-15(16-11-7-4-8-12-16)13-14-9-5-3-6-10-14;;;;/h3-12H,2H2,1H3;3*1H3;. The van der Waals surface area contributed by atoms with Gasteiger partial charge in [0, 0.05) is 0 Å². The van der Waals surface area contributed by atoms with Crippen molar-refractivity contribution >= 4 is 27.5 Å². The molecule has 20 heavy (non-hydrogen) atoms. The molecule has 0 aliphatic carbocycles. The van der Waals surface area contributed by atoms with Crippen LogP contribution in [0.15, 0.2) is 60.7 Å². The SMILES string of the molecule is CC/C(=[C](\c1ccccc1)[Sn]([CH3])([CH3])[CH3])c1ccccc1. The van der Waals surface area contributed by atoms with Gasteiger partial charge in [0.1, 0.15) is 0 Å². The zero-order valence-electron chi connectivity index (χ0n) is 13.0. The monoisotopic (exact) mass is 372 g/mol. The van der Waals surface area contributed by atoms with Crippen LogP contribution in [0.25, 0.3) is 9.16 Å². The second kappa shape index (κ2) is 6.62. The Balaban J connectivity index is 2.69. The molecule has 0 N–H and O–H groups in total. The fourth-order valence-corrected chi connectivity index (χ4v) is 9.28. The van der Waals surface area contributed by atoms with Crippen LogP contribution in [0.3, 0.4) is 0 Å². The summed E-state index contributed by atoms with van der Waals surface area (Å²) in [6.07, 6.45) is 1.10. The number of rotatable bonds is 4. The van der Waals surface area contributed by atoms with Gasteiger partial charge in [0.15, 0.2) is 0 Å². The molecule has 2 rings (SSSR count). The summed E-state index contributed by atoms with van der Waals surface area (Å²) in [6, 6.07) is 21.9. The first kappa shape index (κ1) is 15.4. The van der Waals surface area contributed by atoms with E-state index < -0.39 is 18.4 Å². The van der Waals surface area contributed by atoms with Crippen LogP contribution in [0.4, 0.5) is 0 Å². The van der Waals surface area contributed by atoms with E-state index in [9.17, 15) is 0 Å². The summed E-state index contributed by atoms with van der Waals surface area (Å²) in [5.41, 5.74) is 4.36. The van der Waals surface area contributed by atoms with Gasteiger partial charge in [0.05, 0.1) is 0 Å². The average Bonchev–Trinajstić information content (AvgIpc) is 2.45. The fourth-order valence-electron chi connectivity index (χ4n) is 2.83. The molecule has 0 fully saturated rings. The maximum absolute atomic E-state index is 2.51. The molecule has 104 valence electrons. The zero-order chi connectivity index (χ0) is 14.6. The van der Waals surface area contributed by atoms with Crippen molar-refractivity contribution < 1.29 is 0 Å². The molecule has 0 heterocycles. The minimum absolute atomic E-state index is 1.10. The Labute approximate surface area is 127 Å². The van der Waals surface area contributed by atoms with Gasteiger partial charge in [-0.15, -0.1) is 0 Å². The summed E-state index contributed by atoms with van der Waals surface area (Å²) in [7, 11) is 0. The molecular weight excluding hydrogens is 347 g/mol. The molecule has 2 aromatic rings. The molecular formula is C19H24Sn. The zero-order valence-corrected chi connectivity index (χ0v) is 15.8. The van der Waals surface area contributed by atoms with Gasteiger partial charge < -0.3 is 0 Å². The summed E-state index contributed by atoms with van der Waals surface area (Å²) in [4.78, 5) is 7.53. The molecule has 0 spiro atoms. The van der Waals surface area contributed by atoms with Gasteiger partial charge in [0.2, 0.25) is 0 Å². The molecule has 0 atom stereocenters. The van der Waals surface area contributed by atoms with Crippen LogP contribution in [0.5, 0.6) is 0 Å². The second-order valence-corrected chi connectivity index (χ2v) is 20.5. The predicted molar refractivity (Wildman–Crippen MR) is 93.3 cm³/mol. The van der Waals surface area contributed by atoms with E-state index >= 15 is 0 Å². The van der Waals surface area contributed by atoms with Crippen LogP contribution in [-0.2, 0) is 0 Å². The first-order valence-electron chi connectivity index (χ1n) is 7.38. The van der Waals surface area contributed by atoms with E-state index in [0.717, 1.165) is 6.42 Å². The van der Waals surface area contributed by atoms with E-state index in [1.165, 1.54) is 11.1 Å². The summed E-state index contributed by atoms with van der Waals surface area (Å²) in [5.74, 6) is 0. The van der Waals surface area contributed by atoms with E-state index in [1.807, 2.05) is 0 Å². The molecule has 2 aromatic carbocycles. The van der Waals surface area contributed by atoms with E-state index in [2.05, 4.69) is 82.4 Å². The van der Waals surface area contributed by atoms with Gasteiger partial charge in [-0.05, 0) is 0 Å². The van der Waals surface area contributed by atoms with Crippen molar-refractivity contribution in [1.29, 1.82) is 0 Å². The maximum atomic E-state index is 2.51. The number of hydrogen-bond acceptors (Lipinski definition) is 0. The molecule has 0 radical (unpaired) electrons. The van der Waals surface area contributed by atoms with Crippen molar-refractivity contribution in [1.82, 2.24) is 0 Å². The van der Waals surface area contributed by atoms with E-state index in [1.54, 1.807) is 9.16 Å². The normalized spacial score (nSPS) is 13.0. The van der Waals surface area contributed by atoms with Crippen LogP contribution in [0.1, 0.15) is 24.5 Å². The fraction of sp³-hybridized carbons (Fsp3) is 0.263. The van der Waals surface area contributed by atoms with Gasteiger partial charge >= 0.3 is 127 Å². The van der Waals surface area contributed by atoms with Crippen LogP contribution < -0.4 is 0 Å². The number of benzene rings is 2. The average molecular weight is 371 g/mol. The van der Waals surface area contributed by atoms with Crippen molar-refractivity contribution in [2.75, 3.05) is 0 Å². The quantitative estimate of drug-likeness (QED) is 0.465. The molecule has 0 unspecified atom stereocenters. The van der Waals surface area contributed by atoms with Crippen LogP contribution in [0.2, 0.25) is 14.8 Å². The molecule has 0 bridgehead atoms. The van der Waals surface area contributed by atoms with E-state index in [4.69, 9.17) is 0 Å². The van der Waals surface area contributed by atoms with Crippen LogP contribution >= 0.6 is 0 Å². The third-order valence-electron chi connectivity index (χ3n) is 3.59. The first-order valence-corrected chi connectivity index (χ1v) is 17.4. The van der Waals surface area contributed by atoms with Crippen molar-refractivity contribution in [3.8, 4) is 0 Å². The summed E-state index contributed by atoms with van der Waals surface area (Å²) >= 11 is -2.20. The summed E-state index contributed by atoms with van der Waals surface area (Å²) in [5, 5.41) is 0. The number of hydrogen-bond donors (Lipinski definition) is 0. The van der Waals surface area contributed by atoms with Gasteiger partial charge in [0.25, 0.3) is 0 Å². The van der Waals surface area contributed by atoms with Crippen LogP contribution in [0, 0.1) is 0 Å². The van der Waals surface area contributed by atoms with E-state index in [-0.39, 0.29) is 0 Å². The molecule has 0 aliphatic rings. The molecule has 0 aromatic heterocycles. The van der Waals surface area contributed by atoms with Crippen molar-refractivity contribution in [2.45, 2.75) is 28.2 Å². The van der Waals surface area contributed by atoms with Gasteiger partial charge in [-0.1, -0.05) is 0 Å². The molecule has 0 nitrogen and oxygen atoms in total. The topological polar surface area (TPSA) is 0 Å². The Bertz CT molecular complexity index is 574. The molecule has 0 saturated heterocycles. The van der Waals surface area contributed by atoms with Gasteiger partial charge in [-0.2, -0.15) is 0 Å². The Hall–Kier alpha value is -1.02. The Morgan fingerprint density at radius 1 is 0.750 bits per heavy atom. The predicted octanol–water partition coefficient (Wildman–Crippen LogP) is 5.88. The summed E-state index contributed by atoms with van der Waals surface area (Å²) < 4.78 is 1.66. The number of allylic oxidation sites excluding steroid dienone is 1. The summed E-state index contributed by atoms with van der Waals surface area (Å²) in [6.45, 7) is 2.28.